The van der Waals surface area contributed by atoms with Gasteiger partial charge in [-0.3, -0.25) is 13.9 Å². The Morgan fingerprint density at radius 1 is 0.837 bits per heavy atom. The van der Waals surface area contributed by atoms with Crippen LogP contribution < -0.4 is 4.90 Å². The van der Waals surface area contributed by atoms with E-state index < -0.39 is 21.4 Å². The van der Waals surface area contributed by atoms with Gasteiger partial charge in [0.15, 0.2) is 0 Å². The minimum Gasteiger partial charge on any atom is -0.307 e. The molecule has 0 aliphatic carbocycles. The van der Waals surface area contributed by atoms with Gasteiger partial charge in [0.25, 0.3) is 10.0 Å². The van der Waals surface area contributed by atoms with Gasteiger partial charge in [-0.15, -0.1) is 0 Å². The molecule has 6 nitrogen and oxygen atoms in total. The van der Waals surface area contributed by atoms with Crippen LogP contribution in [0, 0.1) is 26.7 Å². The van der Waals surface area contributed by atoms with Crippen LogP contribution in [0.3, 0.4) is 0 Å². The third-order valence-corrected chi connectivity index (χ3v) is 10.4. The summed E-state index contributed by atoms with van der Waals surface area (Å²) in [5.74, 6) is -1.41. The molecule has 2 atom stereocenters. The van der Waals surface area contributed by atoms with E-state index in [2.05, 4.69) is 18.2 Å². The van der Waals surface area contributed by atoms with Crippen molar-refractivity contribution in [1.82, 2.24) is 4.31 Å². The molecule has 6 rings (SSSR count). The minimum absolute atomic E-state index is 0.132. The number of anilines is 1. The molecule has 0 fully saturated rings. The van der Waals surface area contributed by atoms with Gasteiger partial charge in [0.2, 0.25) is 5.91 Å². The van der Waals surface area contributed by atoms with Crippen LogP contribution in [0.2, 0.25) is 0 Å². The number of ketones is 1. The molecular weight excluding hydrogens is 556 g/mol. The van der Waals surface area contributed by atoms with Gasteiger partial charge < -0.3 is 4.90 Å². The molecule has 0 N–H and O–H groups in total. The lowest BCUT2D eigenvalue weighted by Gasteiger charge is -2.43. The lowest BCUT2D eigenvalue weighted by Crippen LogP contribution is -2.54. The van der Waals surface area contributed by atoms with Gasteiger partial charge in [-0.25, -0.2) is 8.42 Å². The van der Waals surface area contributed by atoms with Crippen LogP contribution in [0.5, 0.6) is 0 Å². The number of aryl methyl sites for hydroxylation is 3. The molecule has 2 aliphatic rings. The molecular formula is C36H34N2O4S. The Bertz CT molecular complexity index is 1860. The van der Waals surface area contributed by atoms with Gasteiger partial charge in [-0.2, -0.15) is 0 Å². The highest BCUT2D eigenvalue weighted by atomic mass is 32.2. The van der Waals surface area contributed by atoms with E-state index in [1.54, 1.807) is 35.2 Å². The summed E-state index contributed by atoms with van der Waals surface area (Å²) in [5.41, 5.74) is 5.25. The third kappa shape index (κ3) is 4.78. The molecule has 1 spiro atoms. The molecule has 218 valence electrons. The molecule has 0 unspecified atom stereocenters. The lowest BCUT2D eigenvalue weighted by molar-refractivity contribution is -0.131. The van der Waals surface area contributed by atoms with Gasteiger partial charge >= 0.3 is 0 Å². The first-order valence-corrected chi connectivity index (χ1v) is 15.8. The van der Waals surface area contributed by atoms with Gasteiger partial charge in [0.05, 0.1) is 23.1 Å². The number of Topliss-reactive ketones (excluding diaryl/α,β-unsaturated/α-hetero) is 1. The standard InChI is InChI=1S/C36H34N2O4S/c1-24-14-16-30(17-15-24)43(41,42)38-23-32(27(4)39)36(21-34(38)29-10-6-5-7-11-29)31-12-8-9-13-33(31)37(35(36)40)22-28-19-25(2)18-26(3)20-28/h5-21,32H,22-23H2,1-4H3/t32-,36+/m0/s1. The molecule has 2 heterocycles. The summed E-state index contributed by atoms with van der Waals surface area (Å²) in [6.07, 6.45) is 1.74. The van der Waals surface area contributed by atoms with Crippen molar-refractivity contribution < 1.29 is 18.0 Å². The lowest BCUT2D eigenvalue weighted by atomic mass is 9.67. The number of hydrogen-bond donors (Lipinski definition) is 0. The van der Waals surface area contributed by atoms with E-state index in [4.69, 9.17) is 0 Å². The number of benzene rings is 4. The highest BCUT2D eigenvalue weighted by Crippen LogP contribution is 2.53. The number of sulfonamides is 1. The Balaban J connectivity index is 1.58. The first-order chi connectivity index (χ1) is 20.5. The van der Waals surface area contributed by atoms with Crippen molar-refractivity contribution in [3.8, 4) is 0 Å². The summed E-state index contributed by atoms with van der Waals surface area (Å²) in [6.45, 7) is 7.58. The topological polar surface area (TPSA) is 74.8 Å². The number of para-hydroxylation sites is 1. The van der Waals surface area contributed by atoms with Crippen molar-refractivity contribution in [3.63, 3.8) is 0 Å². The number of nitrogens with zero attached hydrogens (tertiary/aromatic N) is 2. The van der Waals surface area contributed by atoms with Crippen LogP contribution in [0.4, 0.5) is 5.69 Å². The summed E-state index contributed by atoms with van der Waals surface area (Å²) >= 11 is 0. The first-order valence-electron chi connectivity index (χ1n) is 14.4. The molecule has 0 radical (unpaired) electrons. The van der Waals surface area contributed by atoms with E-state index in [9.17, 15) is 18.0 Å². The molecule has 0 aromatic heterocycles. The average molecular weight is 591 g/mol. The predicted molar refractivity (Wildman–Crippen MR) is 169 cm³/mol. The van der Waals surface area contributed by atoms with Gasteiger partial charge in [0.1, 0.15) is 11.2 Å². The second kappa shape index (κ2) is 10.7. The maximum atomic E-state index is 14.8. The summed E-state index contributed by atoms with van der Waals surface area (Å²) in [6, 6.07) is 29.7. The summed E-state index contributed by atoms with van der Waals surface area (Å²) in [5, 5.41) is 0. The zero-order valence-corrected chi connectivity index (χ0v) is 25.6. The fourth-order valence-corrected chi connectivity index (χ4v) is 8.13. The quantitative estimate of drug-likeness (QED) is 0.262. The fourth-order valence-electron chi connectivity index (χ4n) is 6.63. The number of carbonyl (C=O) groups excluding carboxylic acids is 2. The van der Waals surface area contributed by atoms with Gasteiger partial charge in [-0.1, -0.05) is 95.6 Å². The molecule has 0 bridgehead atoms. The normalized spacial score (nSPS) is 19.9. The molecule has 4 aromatic rings. The van der Waals surface area contributed by atoms with Crippen molar-refractivity contribution in [2.75, 3.05) is 11.4 Å². The van der Waals surface area contributed by atoms with Gasteiger partial charge in [0, 0.05) is 12.2 Å². The highest BCUT2D eigenvalue weighted by Gasteiger charge is 2.59. The van der Waals surface area contributed by atoms with E-state index in [-0.39, 0.29) is 23.1 Å². The number of fused-ring (bicyclic) bond motifs is 2. The number of hydrogen-bond acceptors (Lipinski definition) is 4. The van der Waals surface area contributed by atoms with Crippen molar-refractivity contribution >= 4 is 33.1 Å². The monoisotopic (exact) mass is 590 g/mol. The van der Waals surface area contributed by atoms with Crippen molar-refractivity contribution in [3.05, 3.63) is 137 Å². The average Bonchev–Trinajstić information content (AvgIpc) is 3.20. The van der Waals surface area contributed by atoms with E-state index >= 15 is 0 Å². The summed E-state index contributed by atoms with van der Waals surface area (Å²) in [4.78, 5) is 30.3. The van der Waals surface area contributed by atoms with Crippen LogP contribution in [0.1, 0.15) is 40.3 Å². The molecule has 4 aromatic carbocycles. The van der Waals surface area contributed by atoms with Crippen LogP contribution in [-0.4, -0.2) is 31.0 Å². The second-order valence-corrected chi connectivity index (χ2v) is 13.5. The summed E-state index contributed by atoms with van der Waals surface area (Å²) < 4.78 is 29.8. The van der Waals surface area contributed by atoms with Crippen molar-refractivity contribution in [2.24, 2.45) is 5.92 Å². The van der Waals surface area contributed by atoms with Crippen molar-refractivity contribution in [2.45, 2.75) is 44.6 Å². The second-order valence-electron chi connectivity index (χ2n) is 11.7. The fraction of sp³-hybridized carbons (Fsp3) is 0.222. The van der Waals surface area contributed by atoms with E-state index in [0.717, 1.165) is 27.9 Å². The Labute approximate surface area is 253 Å². The number of amides is 1. The van der Waals surface area contributed by atoms with E-state index in [1.807, 2.05) is 75.4 Å². The smallest absolute Gasteiger partial charge is 0.264 e. The third-order valence-electron chi connectivity index (χ3n) is 8.56. The van der Waals surface area contributed by atoms with Crippen LogP contribution in [0.15, 0.2) is 108 Å². The molecule has 7 heteroatoms. The Kier molecular flexibility index (Phi) is 7.09. The first kappa shape index (κ1) is 28.6. The van der Waals surface area contributed by atoms with Gasteiger partial charge in [-0.05, 0) is 68.7 Å². The van der Waals surface area contributed by atoms with Crippen LogP contribution >= 0.6 is 0 Å². The zero-order chi connectivity index (χ0) is 30.5. The predicted octanol–water partition coefficient (Wildman–Crippen LogP) is 6.35. The number of carbonyl (C=O) groups is 2. The maximum absolute atomic E-state index is 14.8. The molecule has 2 aliphatic heterocycles. The SMILES string of the molecule is CC(=O)[C@@H]1CN(S(=O)(=O)c2ccc(C)cc2)C(c2ccccc2)=C[C@]12C(=O)N(Cc1cc(C)cc(C)c1)c1ccccc12. The minimum atomic E-state index is -4.07. The van der Waals surface area contributed by atoms with E-state index in [0.29, 0.717) is 23.4 Å². The Morgan fingerprint density at radius 3 is 2.12 bits per heavy atom. The number of rotatable bonds is 6. The highest BCUT2D eigenvalue weighted by molar-refractivity contribution is 7.89. The van der Waals surface area contributed by atoms with Crippen molar-refractivity contribution in [1.29, 1.82) is 0 Å². The Morgan fingerprint density at radius 2 is 1.47 bits per heavy atom. The molecule has 0 saturated carbocycles. The largest absolute Gasteiger partial charge is 0.307 e. The molecule has 43 heavy (non-hydrogen) atoms. The van der Waals surface area contributed by atoms with Crippen LogP contribution in [-0.2, 0) is 31.6 Å². The molecule has 1 amide bonds. The molecule has 0 saturated heterocycles. The zero-order valence-electron chi connectivity index (χ0n) is 24.7. The summed E-state index contributed by atoms with van der Waals surface area (Å²) in [7, 11) is -4.07. The maximum Gasteiger partial charge on any atom is 0.264 e. The van der Waals surface area contributed by atoms with E-state index in [1.165, 1.54) is 11.2 Å². The van der Waals surface area contributed by atoms with Crippen LogP contribution in [0.25, 0.3) is 5.70 Å². The Hall–Kier alpha value is -4.49.